The zero-order valence-corrected chi connectivity index (χ0v) is 12.8. The molecule has 0 radical (unpaired) electrons. The molecule has 2 aromatic rings. The van der Waals surface area contributed by atoms with Crippen LogP contribution in [0, 0.1) is 0 Å². The molecule has 0 saturated carbocycles. The van der Waals surface area contributed by atoms with Gasteiger partial charge in [0.2, 0.25) is 0 Å². The van der Waals surface area contributed by atoms with Gasteiger partial charge in [-0.2, -0.15) is 0 Å². The summed E-state index contributed by atoms with van der Waals surface area (Å²) in [6.45, 7) is 3.63. The lowest BCUT2D eigenvalue weighted by molar-refractivity contribution is 0.0240. The van der Waals surface area contributed by atoms with Crippen LogP contribution >= 0.6 is 15.9 Å². The van der Waals surface area contributed by atoms with Crippen molar-refractivity contribution in [3.05, 3.63) is 22.7 Å². The maximum atomic E-state index is 5.94. The fourth-order valence-corrected chi connectivity index (χ4v) is 2.68. The molecule has 20 heavy (non-hydrogen) atoms. The van der Waals surface area contributed by atoms with Gasteiger partial charge in [-0.05, 0) is 64.3 Å². The normalized spacial score (nSPS) is 18.1. The van der Waals surface area contributed by atoms with E-state index in [1.54, 1.807) is 0 Å². The number of hydrogen-bond acceptors (Lipinski definition) is 5. The van der Waals surface area contributed by atoms with Crippen LogP contribution in [0.2, 0.25) is 0 Å². The number of ether oxygens (including phenoxy) is 1. The molecule has 1 aliphatic heterocycles. The number of benzene rings is 1. The number of nitrogens with two attached hydrogens (primary N) is 1. The predicted molar refractivity (Wildman–Crippen MR) is 79.1 cm³/mol. The number of rotatable bonds is 2. The van der Waals surface area contributed by atoms with Gasteiger partial charge >= 0.3 is 0 Å². The van der Waals surface area contributed by atoms with Crippen molar-refractivity contribution in [2.45, 2.75) is 25.3 Å². The van der Waals surface area contributed by atoms with Crippen molar-refractivity contribution in [1.29, 1.82) is 0 Å². The van der Waals surface area contributed by atoms with Gasteiger partial charge in [0.25, 0.3) is 0 Å². The summed E-state index contributed by atoms with van der Waals surface area (Å²) in [7, 11) is 0. The van der Waals surface area contributed by atoms with Gasteiger partial charge in [-0.1, -0.05) is 0 Å². The molecule has 0 bridgehead atoms. The molecule has 0 amide bonds. The summed E-state index contributed by atoms with van der Waals surface area (Å²) in [4.78, 5) is 0. The largest absolute Gasteiger partial charge is 0.398 e. The highest BCUT2D eigenvalue weighted by molar-refractivity contribution is 9.10. The molecule has 2 N–H and O–H groups in total. The molecule has 1 aromatic carbocycles. The van der Waals surface area contributed by atoms with E-state index >= 15 is 0 Å². The molecule has 106 valence electrons. The Labute approximate surface area is 125 Å². The highest BCUT2D eigenvalue weighted by Crippen LogP contribution is 2.32. The second-order valence-corrected chi connectivity index (χ2v) is 6.11. The van der Waals surface area contributed by atoms with E-state index in [0.29, 0.717) is 5.69 Å². The molecule has 1 fully saturated rings. The van der Waals surface area contributed by atoms with Gasteiger partial charge in [0.1, 0.15) is 0 Å². The van der Waals surface area contributed by atoms with Crippen LogP contribution in [0.15, 0.2) is 22.7 Å². The Morgan fingerprint density at radius 3 is 2.80 bits per heavy atom. The van der Waals surface area contributed by atoms with Crippen molar-refractivity contribution in [2.24, 2.45) is 0 Å². The first-order valence-electron chi connectivity index (χ1n) is 6.52. The third-order valence-corrected chi connectivity index (χ3v) is 4.53. The zero-order valence-electron chi connectivity index (χ0n) is 11.2. The summed E-state index contributed by atoms with van der Waals surface area (Å²) in [6.07, 6.45) is 1.80. The van der Waals surface area contributed by atoms with Crippen molar-refractivity contribution < 1.29 is 4.74 Å². The van der Waals surface area contributed by atoms with Crippen molar-refractivity contribution in [3.8, 4) is 11.4 Å². The van der Waals surface area contributed by atoms with Gasteiger partial charge in [0.05, 0.1) is 5.54 Å². The van der Waals surface area contributed by atoms with E-state index in [9.17, 15) is 0 Å². The third-order valence-electron chi connectivity index (χ3n) is 3.81. The van der Waals surface area contributed by atoms with Crippen LogP contribution in [-0.4, -0.2) is 33.4 Å². The van der Waals surface area contributed by atoms with Gasteiger partial charge in [-0.15, -0.1) is 5.10 Å². The van der Waals surface area contributed by atoms with E-state index in [2.05, 4.69) is 38.4 Å². The number of anilines is 1. The highest BCUT2D eigenvalue weighted by Gasteiger charge is 2.33. The van der Waals surface area contributed by atoms with Crippen molar-refractivity contribution in [1.82, 2.24) is 20.2 Å². The average molecular weight is 338 g/mol. The van der Waals surface area contributed by atoms with Crippen LogP contribution in [0.1, 0.15) is 19.8 Å². The standard InChI is InChI=1S/C13H16BrN5O/c1-13(4-6-20-7-5-13)19-12(16-17-18-19)9-2-3-10(14)11(15)8-9/h2-3,8H,4-7,15H2,1H3. The molecule has 1 aromatic heterocycles. The van der Waals surface area contributed by atoms with Gasteiger partial charge in [-0.3, -0.25) is 0 Å². The number of hydrogen-bond donors (Lipinski definition) is 1. The Balaban J connectivity index is 2.03. The van der Waals surface area contributed by atoms with Gasteiger partial charge in [-0.25, -0.2) is 4.68 Å². The van der Waals surface area contributed by atoms with Gasteiger partial charge in [0, 0.05) is 28.9 Å². The van der Waals surface area contributed by atoms with Crippen LogP contribution in [0.25, 0.3) is 11.4 Å². The summed E-state index contributed by atoms with van der Waals surface area (Å²) in [5.74, 6) is 0.744. The Kier molecular flexibility index (Phi) is 3.47. The lowest BCUT2D eigenvalue weighted by Crippen LogP contribution is -2.38. The van der Waals surface area contributed by atoms with E-state index in [-0.39, 0.29) is 5.54 Å². The number of halogens is 1. The van der Waals surface area contributed by atoms with Crippen molar-refractivity contribution in [3.63, 3.8) is 0 Å². The minimum Gasteiger partial charge on any atom is -0.398 e. The Morgan fingerprint density at radius 2 is 2.10 bits per heavy atom. The van der Waals surface area contributed by atoms with E-state index in [0.717, 1.165) is 41.9 Å². The third kappa shape index (κ3) is 2.31. The number of nitrogen functional groups attached to an aromatic ring is 1. The Hall–Kier alpha value is -1.47. The molecule has 1 aliphatic rings. The molecule has 2 heterocycles. The monoisotopic (exact) mass is 337 g/mol. The molecular weight excluding hydrogens is 322 g/mol. The van der Waals surface area contributed by atoms with Crippen LogP contribution in [0.3, 0.4) is 0 Å². The Morgan fingerprint density at radius 1 is 1.35 bits per heavy atom. The second-order valence-electron chi connectivity index (χ2n) is 5.26. The molecular formula is C13H16BrN5O. The summed E-state index contributed by atoms with van der Waals surface area (Å²) in [5, 5.41) is 12.2. The molecule has 1 saturated heterocycles. The number of aromatic nitrogens is 4. The first-order chi connectivity index (χ1) is 9.60. The summed E-state index contributed by atoms with van der Waals surface area (Å²) in [5.41, 5.74) is 7.43. The first kappa shape index (κ1) is 13.5. The summed E-state index contributed by atoms with van der Waals surface area (Å²) >= 11 is 3.40. The molecule has 0 aliphatic carbocycles. The van der Waals surface area contributed by atoms with E-state index in [1.807, 2.05) is 22.9 Å². The minimum atomic E-state index is -0.112. The highest BCUT2D eigenvalue weighted by atomic mass is 79.9. The summed E-state index contributed by atoms with van der Waals surface area (Å²) in [6, 6.07) is 5.76. The molecule has 6 nitrogen and oxygen atoms in total. The number of tetrazole rings is 1. The first-order valence-corrected chi connectivity index (χ1v) is 7.31. The lowest BCUT2D eigenvalue weighted by Gasteiger charge is -2.33. The fourth-order valence-electron chi connectivity index (χ4n) is 2.44. The maximum absolute atomic E-state index is 5.94. The van der Waals surface area contributed by atoms with Gasteiger partial charge in [0.15, 0.2) is 5.82 Å². The predicted octanol–water partition coefficient (Wildman–Crippen LogP) is 2.21. The molecule has 3 rings (SSSR count). The SMILES string of the molecule is CC1(n2nnnc2-c2ccc(Br)c(N)c2)CCOCC1. The van der Waals surface area contributed by atoms with E-state index in [4.69, 9.17) is 10.5 Å². The fraction of sp³-hybridized carbons (Fsp3) is 0.462. The quantitative estimate of drug-likeness (QED) is 0.850. The van der Waals surface area contributed by atoms with Crippen molar-refractivity contribution >= 4 is 21.6 Å². The lowest BCUT2D eigenvalue weighted by atomic mass is 9.92. The summed E-state index contributed by atoms with van der Waals surface area (Å²) < 4.78 is 8.21. The average Bonchev–Trinajstić information content (AvgIpc) is 2.93. The van der Waals surface area contributed by atoms with E-state index in [1.165, 1.54) is 0 Å². The van der Waals surface area contributed by atoms with Crippen LogP contribution < -0.4 is 5.73 Å². The molecule has 0 atom stereocenters. The van der Waals surface area contributed by atoms with Crippen molar-refractivity contribution in [2.75, 3.05) is 18.9 Å². The minimum absolute atomic E-state index is 0.112. The number of nitrogens with zero attached hydrogens (tertiary/aromatic N) is 4. The molecule has 7 heteroatoms. The maximum Gasteiger partial charge on any atom is 0.182 e. The zero-order chi connectivity index (χ0) is 14.2. The van der Waals surface area contributed by atoms with Gasteiger partial charge < -0.3 is 10.5 Å². The van der Waals surface area contributed by atoms with E-state index < -0.39 is 0 Å². The van der Waals surface area contributed by atoms with Crippen LogP contribution in [0.5, 0.6) is 0 Å². The van der Waals surface area contributed by atoms with Crippen LogP contribution in [-0.2, 0) is 10.3 Å². The molecule has 0 unspecified atom stereocenters. The topological polar surface area (TPSA) is 78.9 Å². The second kappa shape index (κ2) is 5.14. The van der Waals surface area contributed by atoms with Crippen LogP contribution in [0.4, 0.5) is 5.69 Å². The smallest absolute Gasteiger partial charge is 0.182 e. The molecule has 0 spiro atoms. The Bertz CT molecular complexity index is 621.